The average molecular weight is 230 g/mol. The van der Waals surface area contributed by atoms with Crippen molar-refractivity contribution in [3.8, 4) is 0 Å². The summed E-state index contributed by atoms with van der Waals surface area (Å²) in [4.78, 5) is 12.2. The van der Waals surface area contributed by atoms with Crippen LogP contribution in [0.1, 0.15) is 12.8 Å². The maximum atomic E-state index is 12.2. The van der Waals surface area contributed by atoms with Crippen LogP contribution in [0.5, 0.6) is 0 Å². The van der Waals surface area contributed by atoms with Crippen molar-refractivity contribution in [1.29, 1.82) is 0 Å². The van der Waals surface area contributed by atoms with Gasteiger partial charge in [0.15, 0.2) is 0 Å². The van der Waals surface area contributed by atoms with Crippen LogP contribution in [0, 0.1) is 5.41 Å². The minimum atomic E-state index is -0.367. The van der Waals surface area contributed by atoms with Crippen molar-refractivity contribution in [2.75, 3.05) is 13.1 Å². The van der Waals surface area contributed by atoms with Crippen LogP contribution in [-0.4, -0.2) is 19.0 Å². The molecule has 0 aliphatic carbocycles. The molecular formula is C14H18N2O. The molecule has 2 saturated heterocycles. The molecule has 2 aliphatic heterocycles. The second-order valence-corrected chi connectivity index (χ2v) is 4.42. The molecule has 2 N–H and O–H groups in total. The lowest BCUT2D eigenvalue weighted by atomic mass is 9.73. The third kappa shape index (κ3) is 1.87. The maximum absolute atomic E-state index is 12.2. The quantitative estimate of drug-likeness (QED) is 0.757. The van der Waals surface area contributed by atoms with Crippen LogP contribution in [-0.2, 0) is 4.79 Å². The molecule has 2 fully saturated rings. The van der Waals surface area contributed by atoms with E-state index in [0.29, 0.717) is 0 Å². The molecule has 0 aromatic heterocycles. The predicted molar refractivity (Wildman–Crippen MR) is 69.2 cm³/mol. The summed E-state index contributed by atoms with van der Waals surface area (Å²) in [6.07, 6.45) is 8.92. The van der Waals surface area contributed by atoms with Crippen LogP contribution in [0.2, 0.25) is 0 Å². The van der Waals surface area contributed by atoms with Crippen LogP contribution >= 0.6 is 0 Å². The fourth-order valence-electron chi connectivity index (χ4n) is 2.66. The van der Waals surface area contributed by atoms with Crippen LogP contribution in [0.15, 0.2) is 48.7 Å². The van der Waals surface area contributed by atoms with Gasteiger partial charge in [-0.3, -0.25) is 4.79 Å². The average Bonchev–Trinajstić information content (AvgIpc) is 2.57. The molecule has 0 bridgehead atoms. The van der Waals surface area contributed by atoms with Crippen molar-refractivity contribution >= 4 is 5.91 Å². The Kier molecular flexibility index (Phi) is 3.29. The first-order chi connectivity index (χ1) is 8.24. The molecule has 3 heteroatoms. The van der Waals surface area contributed by atoms with Gasteiger partial charge in [-0.2, -0.15) is 0 Å². The highest BCUT2D eigenvalue weighted by Gasteiger charge is 2.48. The van der Waals surface area contributed by atoms with Crippen molar-refractivity contribution in [3.05, 3.63) is 48.7 Å². The molecular weight excluding hydrogens is 212 g/mol. The van der Waals surface area contributed by atoms with E-state index >= 15 is 0 Å². The number of piperidine rings is 1. The van der Waals surface area contributed by atoms with Crippen molar-refractivity contribution in [1.82, 2.24) is 10.6 Å². The van der Waals surface area contributed by atoms with E-state index < -0.39 is 0 Å². The molecule has 0 atom stereocenters. The molecule has 90 valence electrons. The predicted octanol–water partition coefficient (Wildman–Crippen LogP) is 1.67. The van der Waals surface area contributed by atoms with Gasteiger partial charge in [0.2, 0.25) is 5.91 Å². The topological polar surface area (TPSA) is 41.1 Å². The Balaban J connectivity index is 2.46. The van der Waals surface area contributed by atoms with Gasteiger partial charge in [-0.1, -0.05) is 31.4 Å². The molecule has 0 radical (unpaired) electrons. The Morgan fingerprint density at radius 3 is 2.35 bits per heavy atom. The van der Waals surface area contributed by atoms with Crippen molar-refractivity contribution in [2.45, 2.75) is 12.8 Å². The van der Waals surface area contributed by atoms with Crippen molar-refractivity contribution in [2.24, 2.45) is 5.41 Å². The molecule has 0 aromatic rings. The number of carbonyl (C=O) groups is 1. The molecule has 1 spiro atoms. The molecule has 3 nitrogen and oxygen atoms in total. The first-order valence-corrected chi connectivity index (χ1v) is 5.93. The molecule has 2 heterocycles. The van der Waals surface area contributed by atoms with E-state index in [1.807, 2.05) is 12.2 Å². The van der Waals surface area contributed by atoms with E-state index in [0.717, 1.165) is 37.2 Å². The van der Waals surface area contributed by atoms with Crippen LogP contribution < -0.4 is 10.6 Å². The van der Waals surface area contributed by atoms with Gasteiger partial charge in [0, 0.05) is 5.70 Å². The van der Waals surface area contributed by atoms with Gasteiger partial charge in [-0.05, 0) is 37.6 Å². The molecule has 0 saturated carbocycles. The summed E-state index contributed by atoms with van der Waals surface area (Å²) in [6, 6.07) is 0. The minimum Gasteiger partial charge on any atom is -0.325 e. The lowest BCUT2D eigenvalue weighted by molar-refractivity contribution is -0.127. The molecule has 17 heavy (non-hydrogen) atoms. The second kappa shape index (κ2) is 4.72. The lowest BCUT2D eigenvalue weighted by Crippen LogP contribution is -2.42. The monoisotopic (exact) mass is 230 g/mol. The van der Waals surface area contributed by atoms with Gasteiger partial charge in [0.25, 0.3) is 0 Å². The number of nitrogens with one attached hydrogen (secondary N) is 2. The van der Waals surface area contributed by atoms with E-state index in [4.69, 9.17) is 0 Å². The van der Waals surface area contributed by atoms with Gasteiger partial charge in [-0.25, -0.2) is 0 Å². The summed E-state index contributed by atoms with van der Waals surface area (Å²) in [7, 11) is 0. The number of carbonyl (C=O) groups excluding carboxylic acids is 1. The number of rotatable bonds is 2. The summed E-state index contributed by atoms with van der Waals surface area (Å²) < 4.78 is 0. The smallest absolute Gasteiger partial charge is 0.235 e. The van der Waals surface area contributed by atoms with E-state index in [2.05, 4.69) is 23.8 Å². The minimum absolute atomic E-state index is 0.111. The van der Waals surface area contributed by atoms with E-state index in [9.17, 15) is 4.79 Å². The highest BCUT2D eigenvalue weighted by molar-refractivity contribution is 5.94. The molecule has 2 rings (SSSR count). The van der Waals surface area contributed by atoms with Crippen LogP contribution in [0.3, 0.4) is 0 Å². The molecule has 0 aromatic carbocycles. The lowest BCUT2D eigenvalue weighted by Gasteiger charge is -2.32. The standard InChI is InChI=1S/C14H18N2O/c1-3-5-11-12(6-4-2)16-13(17)14(11)7-9-15-10-8-14/h3-6,15H,1-2,7-10H2,(H,16,17)/b11-5?,12-6+. The summed E-state index contributed by atoms with van der Waals surface area (Å²) in [6.45, 7) is 9.18. The van der Waals surface area contributed by atoms with Crippen molar-refractivity contribution < 1.29 is 4.79 Å². The normalized spacial score (nSPS) is 27.4. The summed E-state index contributed by atoms with van der Waals surface area (Å²) in [5.74, 6) is 0.111. The first kappa shape index (κ1) is 11.9. The third-order valence-electron chi connectivity index (χ3n) is 3.51. The van der Waals surface area contributed by atoms with Crippen LogP contribution in [0.25, 0.3) is 0 Å². The Morgan fingerprint density at radius 2 is 1.76 bits per heavy atom. The van der Waals surface area contributed by atoms with Crippen molar-refractivity contribution in [3.63, 3.8) is 0 Å². The molecule has 2 aliphatic rings. The fourth-order valence-corrected chi connectivity index (χ4v) is 2.66. The Bertz CT molecular complexity index is 412. The maximum Gasteiger partial charge on any atom is 0.235 e. The summed E-state index contributed by atoms with van der Waals surface area (Å²) in [5.41, 5.74) is 1.56. The Hall–Kier alpha value is -1.61. The van der Waals surface area contributed by atoms with Gasteiger partial charge in [0.1, 0.15) is 0 Å². The van der Waals surface area contributed by atoms with E-state index in [1.54, 1.807) is 12.2 Å². The highest BCUT2D eigenvalue weighted by Crippen LogP contribution is 2.44. The van der Waals surface area contributed by atoms with Gasteiger partial charge < -0.3 is 10.6 Å². The van der Waals surface area contributed by atoms with Crippen LogP contribution in [0.4, 0.5) is 0 Å². The summed E-state index contributed by atoms with van der Waals surface area (Å²) >= 11 is 0. The molecule has 1 amide bonds. The zero-order valence-corrected chi connectivity index (χ0v) is 9.96. The van der Waals surface area contributed by atoms with E-state index in [1.165, 1.54) is 0 Å². The van der Waals surface area contributed by atoms with Gasteiger partial charge in [0.05, 0.1) is 5.41 Å². The third-order valence-corrected chi connectivity index (χ3v) is 3.51. The van der Waals surface area contributed by atoms with E-state index in [-0.39, 0.29) is 11.3 Å². The molecule has 0 unspecified atom stereocenters. The fraction of sp³-hybridized carbons (Fsp3) is 0.357. The summed E-state index contributed by atoms with van der Waals surface area (Å²) in [5, 5.41) is 6.25. The zero-order chi connectivity index (χ0) is 12.3. The largest absolute Gasteiger partial charge is 0.325 e. The Morgan fingerprint density at radius 1 is 1.12 bits per heavy atom. The number of allylic oxidation sites excluding steroid dienone is 5. The van der Waals surface area contributed by atoms with Gasteiger partial charge in [-0.15, -0.1) is 0 Å². The SMILES string of the molecule is C=CC=C1/C(=C\C=C)NC(=O)C12CCNCC2. The van der Waals surface area contributed by atoms with Gasteiger partial charge >= 0.3 is 0 Å². The zero-order valence-electron chi connectivity index (χ0n) is 9.96. The first-order valence-electron chi connectivity index (χ1n) is 5.93. The highest BCUT2D eigenvalue weighted by atomic mass is 16.2. The Labute approximate surface area is 102 Å². The second-order valence-electron chi connectivity index (χ2n) is 4.42. The number of hydrogen-bond acceptors (Lipinski definition) is 2. The number of amides is 1. The number of hydrogen-bond donors (Lipinski definition) is 2.